The van der Waals surface area contributed by atoms with E-state index in [1.807, 2.05) is 0 Å². The zero-order chi connectivity index (χ0) is 49.6. The molecular formula is C65H81BN2. The molecule has 3 aliphatic rings. The van der Waals surface area contributed by atoms with Crippen molar-refractivity contribution in [1.82, 2.24) is 0 Å². The van der Waals surface area contributed by atoms with Gasteiger partial charge in [0, 0.05) is 34.0 Å². The van der Waals surface area contributed by atoms with E-state index in [2.05, 4.69) is 251 Å². The number of fused-ring (bicyclic) bond motifs is 5. The van der Waals surface area contributed by atoms with E-state index < -0.39 is 0 Å². The number of hydrogen-bond acceptors (Lipinski definition) is 2. The van der Waals surface area contributed by atoms with E-state index in [9.17, 15) is 0 Å². The van der Waals surface area contributed by atoms with Gasteiger partial charge in [-0.3, -0.25) is 0 Å². The van der Waals surface area contributed by atoms with Crippen LogP contribution in [-0.4, -0.2) is 6.71 Å². The van der Waals surface area contributed by atoms with Gasteiger partial charge in [0.2, 0.25) is 0 Å². The maximum atomic E-state index is 2.70. The molecule has 0 fully saturated rings. The Morgan fingerprint density at radius 3 is 1.38 bits per heavy atom. The Bertz CT molecular complexity index is 2950. The van der Waals surface area contributed by atoms with E-state index in [1.54, 1.807) is 0 Å². The van der Waals surface area contributed by atoms with Crippen LogP contribution in [0.1, 0.15) is 189 Å². The number of nitrogens with zero attached hydrogens (tertiary/aromatic N) is 2. The summed E-state index contributed by atoms with van der Waals surface area (Å²) < 4.78 is 0. The highest BCUT2D eigenvalue weighted by atomic mass is 15.2. The van der Waals surface area contributed by atoms with Crippen LogP contribution in [-0.2, 0) is 37.9 Å². The quantitative estimate of drug-likeness (QED) is 0.163. The molecular weight excluding hydrogens is 820 g/mol. The fraction of sp³-hybridized carbons (Fsp3) is 0.446. The van der Waals surface area contributed by atoms with Crippen molar-refractivity contribution >= 4 is 57.2 Å². The first-order valence-electron chi connectivity index (χ1n) is 25.8. The molecule has 3 heteroatoms. The monoisotopic (exact) mass is 901 g/mol. The second-order valence-corrected chi connectivity index (χ2v) is 27.6. The van der Waals surface area contributed by atoms with Gasteiger partial charge >= 0.3 is 0 Å². The summed E-state index contributed by atoms with van der Waals surface area (Å²) in [6.45, 7) is 47.5. The van der Waals surface area contributed by atoms with Gasteiger partial charge in [0.15, 0.2) is 0 Å². The molecule has 0 saturated carbocycles. The molecule has 6 aromatic carbocycles. The van der Waals surface area contributed by atoms with Gasteiger partial charge in [0.05, 0.1) is 5.69 Å². The Labute approximate surface area is 413 Å². The fourth-order valence-corrected chi connectivity index (χ4v) is 11.4. The molecule has 0 atom stereocenters. The molecule has 0 saturated heterocycles. The maximum absolute atomic E-state index is 2.70. The zero-order valence-electron chi connectivity index (χ0n) is 45.7. The molecule has 0 radical (unpaired) electrons. The van der Waals surface area contributed by atoms with E-state index in [1.165, 1.54) is 113 Å². The Morgan fingerprint density at radius 2 is 0.853 bits per heavy atom. The predicted molar refractivity (Wildman–Crippen MR) is 299 cm³/mol. The molecule has 0 aromatic heterocycles. The van der Waals surface area contributed by atoms with Gasteiger partial charge in [-0.15, -0.1) is 0 Å². The zero-order valence-corrected chi connectivity index (χ0v) is 45.7. The van der Waals surface area contributed by atoms with Crippen molar-refractivity contribution in [1.29, 1.82) is 0 Å². The summed E-state index contributed by atoms with van der Waals surface area (Å²) in [5.41, 5.74) is 25.4. The Kier molecular flexibility index (Phi) is 10.9. The minimum Gasteiger partial charge on any atom is -0.311 e. The lowest BCUT2D eigenvalue weighted by Gasteiger charge is -2.48. The van der Waals surface area contributed by atoms with Crippen LogP contribution in [0.25, 0.3) is 11.1 Å². The van der Waals surface area contributed by atoms with Crippen LogP contribution in [0.15, 0.2) is 103 Å². The summed E-state index contributed by atoms with van der Waals surface area (Å²) in [6.07, 6.45) is 2.34. The molecule has 0 bridgehead atoms. The lowest BCUT2D eigenvalue weighted by molar-refractivity contribution is 0.332. The summed E-state index contributed by atoms with van der Waals surface area (Å²) in [5, 5.41) is 0. The second-order valence-electron chi connectivity index (χ2n) is 27.6. The largest absolute Gasteiger partial charge is 0.311 e. The molecule has 1 aliphatic carbocycles. The Morgan fingerprint density at radius 1 is 0.397 bits per heavy atom. The normalized spacial score (nSPS) is 16.6. The van der Waals surface area contributed by atoms with Gasteiger partial charge in [0.25, 0.3) is 6.71 Å². The topological polar surface area (TPSA) is 6.48 Å². The van der Waals surface area contributed by atoms with E-state index in [-0.39, 0.29) is 44.6 Å². The van der Waals surface area contributed by atoms with Crippen molar-refractivity contribution < 1.29 is 0 Å². The average molecular weight is 901 g/mol. The van der Waals surface area contributed by atoms with Crippen molar-refractivity contribution in [3.8, 4) is 11.1 Å². The third-order valence-corrected chi connectivity index (χ3v) is 16.1. The summed E-state index contributed by atoms with van der Waals surface area (Å²) in [6, 6.07) is 42.1. The molecule has 68 heavy (non-hydrogen) atoms. The van der Waals surface area contributed by atoms with Crippen LogP contribution < -0.4 is 26.2 Å². The summed E-state index contributed by atoms with van der Waals surface area (Å²) >= 11 is 0. The minimum atomic E-state index is -0.0352. The molecule has 2 nitrogen and oxygen atoms in total. The third kappa shape index (κ3) is 8.16. The third-order valence-electron chi connectivity index (χ3n) is 16.1. The molecule has 9 rings (SSSR count). The molecule has 0 spiro atoms. The molecule has 6 aromatic rings. The smallest absolute Gasteiger partial charge is 0.252 e. The van der Waals surface area contributed by atoms with Crippen molar-refractivity contribution in [3.05, 3.63) is 148 Å². The minimum absolute atomic E-state index is 0.0235. The van der Waals surface area contributed by atoms with Crippen molar-refractivity contribution in [2.45, 2.75) is 189 Å². The fourth-order valence-electron chi connectivity index (χ4n) is 11.4. The highest BCUT2D eigenvalue weighted by Gasteiger charge is 2.47. The lowest BCUT2D eigenvalue weighted by atomic mass is 9.33. The van der Waals surface area contributed by atoms with Crippen LogP contribution in [0.5, 0.6) is 0 Å². The average Bonchev–Trinajstić information content (AvgIpc) is 3.22. The molecule has 0 unspecified atom stereocenters. The van der Waals surface area contributed by atoms with Gasteiger partial charge in [-0.1, -0.05) is 186 Å². The van der Waals surface area contributed by atoms with Gasteiger partial charge in [-0.25, -0.2) is 0 Å². The number of anilines is 6. The number of benzene rings is 6. The summed E-state index contributed by atoms with van der Waals surface area (Å²) in [4.78, 5) is 5.37. The van der Waals surface area contributed by atoms with Gasteiger partial charge in [-0.05, 0) is 173 Å². The van der Waals surface area contributed by atoms with Gasteiger partial charge in [-0.2, -0.15) is 0 Å². The Hall–Kier alpha value is -5.02. The van der Waals surface area contributed by atoms with E-state index >= 15 is 0 Å². The maximum Gasteiger partial charge on any atom is 0.252 e. The van der Waals surface area contributed by atoms with E-state index in [4.69, 9.17) is 0 Å². The SMILES string of the molecule is Cc1cc2c3c(c1)N(c1ccc(C(C)(C)C)cc1-c1ccc(C(C)(C)C)cc1)c1cc4c(cc1B3c1ccc(C(C)(C)C)cc1N2c1cc(C(C)(C)C)cc(C(C)(C)C)c1)C(C)(C)CCC4(C)C. The Balaban J connectivity index is 1.44. The van der Waals surface area contributed by atoms with E-state index in [0.717, 1.165) is 6.42 Å². The summed E-state index contributed by atoms with van der Waals surface area (Å²) in [5.74, 6) is 0. The second kappa shape index (κ2) is 15.5. The van der Waals surface area contributed by atoms with Crippen molar-refractivity contribution in [2.24, 2.45) is 0 Å². The van der Waals surface area contributed by atoms with Crippen LogP contribution in [0.3, 0.4) is 0 Å². The van der Waals surface area contributed by atoms with Gasteiger partial charge < -0.3 is 9.80 Å². The molecule has 0 amide bonds. The summed E-state index contributed by atoms with van der Waals surface area (Å²) in [7, 11) is 0. The first-order valence-corrected chi connectivity index (χ1v) is 25.8. The molecule has 2 aliphatic heterocycles. The standard InChI is InChI=1S/C65H81BN2/c1-40-31-56-58-57(32-40)68(53-28-26-43(60(5,6)7)36-48(53)41-21-23-42(24-22-41)59(2,3)4)55-39-50-49(64(17,18)29-30-65(50,19)20)38-52(55)66(58)51-27-25-44(61(8,9)10)37-54(51)67(56)47-34-45(62(11,12)13)33-46(35-47)63(14,15)16/h21-28,31-39H,29-30H2,1-20H3. The number of hydrogen-bond donors (Lipinski definition) is 0. The van der Waals surface area contributed by atoms with Crippen molar-refractivity contribution in [2.75, 3.05) is 9.80 Å². The predicted octanol–water partition coefficient (Wildman–Crippen LogP) is 16.6. The van der Waals surface area contributed by atoms with Gasteiger partial charge in [0.1, 0.15) is 0 Å². The van der Waals surface area contributed by atoms with Crippen molar-refractivity contribution in [3.63, 3.8) is 0 Å². The highest BCUT2D eigenvalue weighted by molar-refractivity contribution is 7.00. The molecule has 2 heterocycles. The van der Waals surface area contributed by atoms with E-state index in [0.29, 0.717) is 0 Å². The van der Waals surface area contributed by atoms with Crippen LogP contribution >= 0.6 is 0 Å². The molecule has 0 N–H and O–H groups in total. The lowest BCUT2D eigenvalue weighted by Crippen LogP contribution is -2.62. The first kappa shape index (κ1) is 48.0. The van der Waals surface area contributed by atoms with Crippen LogP contribution in [0, 0.1) is 6.92 Å². The van der Waals surface area contributed by atoms with Crippen LogP contribution in [0.4, 0.5) is 34.1 Å². The number of aryl methyl sites for hydroxylation is 1. The highest BCUT2D eigenvalue weighted by Crippen LogP contribution is 2.52. The molecule has 354 valence electrons. The number of rotatable bonds is 3. The first-order chi connectivity index (χ1) is 31.3. The van der Waals surface area contributed by atoms with Crippen LogP contribution in [0.2, 0.25) is 0 Å².